The molecule has 8 heteroatoms. The van der Waals surface area contributed by atoms with Gasteiger partial charge in [0.15, 0.2) is 11.5 Å². The Morgan fingerprint density at radius 2 is 1.97 bits per heavy atom. The summed E-state index contributed by atoms with van der Waals surface area (Å²) in [5.74, 6) is 0.953. The third-order valence-corrected chi connectivity index (χ3v) is 7.36. The zero-order valence-corrected chi connectivity index (χ0v) is 21.2. The number of hydrogen-bond acceptors (Lipinski definition) is 7. The van der Waals surface area contributed by atoms with E-state index in [9.17, 15) is 15.2 Å². The van der Waals surface area contributed by atoms with Crippen LogP contribution in [0.3, 0.4) is 0 Å². The van der Waals surface area contributed by atoms with Gasteiger partial charge in [-0.1, -0.05) is 6.07 Å². The van der Waals surface area contributed by atoms with E-state index in [1.54, 1.807) is 11.6 Å². The number of nitrogens with zero attached hydrogens (tertiary/aromatic N) is 5. The molecule has 2 aromatic heterocycles. The second-order valence-corrected chi connectivity index (χ2v) is 9.79. The molecule has 0 atom stereocenters. The van der Waals surface area contributed by atoms with Gasteiger partial charge in [0, 0.05) is 50.7 Å². The van der Waals surface area contributed by atoms with Gasteiger partial charge in [0.2, 0.25) is 0 Å². The summed E-state index contributed by atoms with van der Waals surface area (Å²) in [4.78, 5) is 22.1. The second-order valence-electron chi connectivity index (χ2n) is 9.79. The topological polar surface area (TPSA) is 98.5 Å². The SMILES string of the molecule is Cc1ccc2oc(C3CCN(c4c(C#N)c(=O)n(C)c5cc(N(C)CCO)c(C)cc45)CC3)nc2c1. The summed E-state index contributed by atoms with van der Waals surface area (Å²) in [5, 5.41) is 20.3. The number of aliphatic hydroxyl groups is 1. The third-order valence-electron chi connectivity index (χ3n) is 7.36. The highest BCUT2D eigenvalue weighted by Gasteiger charge is 2.29. The third kappa shape index (κ3) is 3.99. The first-order valence-corrected chi connectivity index (χ1v) is 12.3. The van der Waals surface area contributed by atoms with E-state index in [2.05, 4.69) is 17.0 Å². The average molecular weight is 486 g/mol. The zero-order chi connectivity index (χ0) is 25.6. The van der Waals surface area contributed by atoms with E-state index in [1.807, 2.05) is 50.1 Å². The predicted octanol–water partition coefficient (Wildman–Crippen LogP) is 3.98. The van der Waals surface area contributed by atoms with Crippen LogP contribution in [-0.2, 0) is 7.05 Å². The van der Waals surface area contributed by atoms with Gasteiger partial charge >= 0.3 is 0 Å². The molecule has 0 bridgehead atoms. The standard InChI is InChI=1S/C28H31N5O3/c1-17-5-6-25-22(13-17)30-27(36-25)19-7-9-33(10-8-19)26-20-14-18(2)23(31(3)11-12-34)15-24(20)32(4)28(35)21(26)16-29/h5-6,13-15,19,34H,7-12H2,1-4H3. The van der Waals surface area contributed by atoms with Crippen LogP contribution in [0.15, 0.2) is 39.5 Å². The van der Waals surface area contributed by atoms with Crippen LogP contribution in [0.2, 0.25) is 0 Å². The van der Waals surface area contributed by atoms with Crippen molar-refractivity contribution in [1.82, 2.24) is 9.55 Å². The minimum absolute atomic E-state index is 0.0418. The number of pyridine rings is 1. The maximum absolute atomic E-state index is 13.2. The number of aryl methyl sites for hydroxylation is 3. The minimum Gasteiger partial charge on any atom is -0.440 e. The zero-order valence-electron chi connectivity index (χ0n) is 21.2. The van der Waals surface area contributed by atoms with Crippen LogP contribution in [0.25, 0.3) is 22.0 Å². The van der Waals surface area contributed by atoms with Crippen molar-refractivity contribution in [3.05, 3.63) is 63.3 Å². The van der Waals surface area contributed by atoms with Crippen LogP contribution in [-0.4, -0.2) is 47.9 Å². The number of aliphatic hydroxyl groups excluding tert-OH is 1. The van der Waals surface area contributed by atoms with Crippen LogP contribution in [0, 0.1) is 25.2 Å². The molecule has 4 aromatic rings. The van der Waals surface area contributed by atoms with E-state index >= 15 is 0 Å². The number of hydrogen-bond donors (Lipinski definition) is 1. The van der Waals surface area contributed by atoms with Crippen LogP contribution in [0.4, 0.5) is 11.4 Å². The van der Waals surface area contributed by atoms with Crippen LogP contribution in [0.5, 0.6) is 0 Å². The first kappa shape index (κ1) is 23.9. The smallest absolute Gasteiger partial charge is 0.270 e. The summed E-state index contributed by atoms with van der Waals surface area (Å²) in [6.45, 7) is 6.00. The highest BCUT2D eigenvalue weighted by atomic mass is 16.3. The monoisotopic (exact) mass is 485 g/mol. The summed E-state index contributed by atoms with van der Waals surface area (Å²) in [5.41, 5.74) is 6.19. The molecule has 0 radical (unpaired) electrons. The quantitative estimate of drug-likeness (QED) is 0.456. The summed E-state index contributed by atoms with van der Waals surface area (Å²) in [7, 11) is 3.63. The van der Waals surface area contributed by atoms with Crippen LogP contribution >= 0.6 is 0 Å². The Kier molecular flexibility index (Phi) is 6.19. The summed E-state index contributed by atoms with van der Waals surface area (Å²) < 4.78 is 7.62. The lowest BCUT2D eigenvalue weighted by Crippen LogP contribution is -2.36. The summed E-state index contributed by atoms with van der Waals surface area (Å²) >= 11 is 0. The molecule has 0 saturated carbocycles. The normalized spacial score (nSPS) is 14.5. The Hall–Kier alpha value is -3.83. The molecule has 1 N–H and O–H groups in total. The fourth-order valence-corrected chi connectivity index (χ4v) is 5.36. The minimum atomic E-state index is -0.295. The fraction of sp³-hybridized carbons (Fsp3) is 0.393. The number of nitriles is 1. The van der Waals surface area contributed by atoms with Crippen molar-refractivity contribution >= 4 is 33.4 Å². The molecule has 186 valence electrons. The Bertz CT molecular complexity index is 1550. The first-order valence-electron chi connectivity index (χ1n) is 12.3. The molecule has 0 amide bonds. The lowest BCUT2D eigenvalue weighted by molar-refractivity contribution is 0.304. The van der Waals surface area contributed by atoms with E-state index in [4.69, 9.17) is 9.40 Å². The fourth-order valence-electron chi connectivity index (χ4n) is 5.36. The van der Waals surface area contributed by atoms with E-state index in [1.165, 1.54) is 0 Å². The molecule has 0 aliphatic carbocycles. The number of oxazole rings is 1. The molecular formula is C28H31N5O3. The van der Waals surface area contributed by atoms with Crippen molar-refractivity contribution in [2.75, 3.05) is 43.1 Å². The predicted molar refractivity (Wildman–Crippen MR) is 142 cm³/mol. The Morgan fingerprint density at radius 1 is 1.22 bits per heavy atom. The lowest BCUT2D eigenvalue weighted by Gasteiger charge is -2.34. The molecule has 8 nitrogen and oxygen atoms in total. The number of rotatable bonds is 5. The Morgan fingerprint density at radius 3 is 2.67 bits per heavy atom. The number of benzene rings is 2. The Balaban J connectivity index is 1.52. The number of piperidine rings is 1. The molecule has 0 unspecified atom stereocenters. The molecule has 5 rings (SSSR count). The number of fused-ring (bicyclic) bond motifs is 2. The van der Waals surface area contributed by atoms with Crippen molar-refractivity contribution in [2.24, 2.45) is 7.05 Å². The van der Waals surface area contributed by atoms with E-state index in [0.29, 0.717) is 25.3 Å². The van der Waals surface area contributed by atoms with Crippen molar-refractivity contribution in [1.29, 1.82) is 5.26 Å². The first-order chi connectivity index (χ1) is 17.3. The van der Waals surface area contributed by atoms with Gasteiger partial charge in [0.05, 0.1) is 17.8 Å². The van der Waals surface area contributed by atoms with Gasteiger partial charge in [-0.25, -0.2) is 4.98 Å². The van der Waals surface area contributed by atoms with Crippen molar-refractivity contribution in [2.45, 2.75) is 32.6 Å². The number of likely N-dealkylation sites (N-methyl/N-ethyl adjacent to an activating group) is 1. The number of aromatic nitrogens is 2. The molecule has 1 saturated heterocycles. The summed E-state index contributed by atoms with van der Waals surface area (Å²) in [6, 6.07) is 12.3. The maximum Gasteiger partial charge on any atom is 0.270 e. The largest absolute Gasteiger partial charge is 0.440 e. The maximum atomic E-state index is 13.2. The molecule has 1 fully saturated rings. The van der Waals surface area contributed by atoms with E-state index in [0.717, 1.165) is 57.5 Å². The van der Waals surface area contributed by atoms with Gasteiger partial charge in [-0.3, -0.25) is 4.79 Å². The van der Waals surface area contributed by atoms with Gasteiger partial charge in [-0.2, -0.15) is 5.26 Å². The Labute approximate surface area is 210 Å². The van der Waals surface area contributed by atoms with Crippen LogP contribution in [0.1, 0.15) is 41.3 Å². The van der Waals surface area contributed by atoms with Gasteiger partial charge in [0.1, 0.15) is 17.1 Å². The molecule has 1 aliphatic heterocycles. The van der Waals surface area contributed by atoms with Gasteiger partial charge < -0.3 is 23.9 Å². The van der Waals surface area contributed by atoms with Crippen molar-refractivity contribution in [3.8, 4) is 6.07 Å². The van der Waals surface area contributed by atoms with E-state index in [-0.39, 0.29) is 23.6 Å². The highest BCUT2D eigenvalue weighted by molar-refractivity contribution is 5.97. The molecule has 1 aliphatic rings. The average Bonchev–Trinajstić information content (AvgIpc) is 3.29. The summed E-state index contributed by atoms with van der Waals surface area (Å²) in [6.07, 6.45) is 1.65. The molecule has 36 heavy (non-hydrogen) atoms. The highest BCUT2D eigenvalue weighted by Crippen LogP contribution is 2.37. The van der Waals surface area contributed by atoms with Gasteiger partial charge in [0.25, 0.3) is 5.56 Å². The molecular weight excluding hydrogens is 454 g/mol. The van der Waals surface area contributed by atoms with Gasteiger partial charge in [-0.15, -0.1) is 0 Å². The molecule has 2 aromatic carbocycles. The lowest BCUT2D eigenvalue weighted by atomic mass is 9.95. The van der Waals surface area contributed by atoms with Crippen molar-refractivity contribution in [3.63, 3.8) is 0 Å². The van der Waals surface area contributed by atoms with Crippen molar-refractivity contribution < 1.29 is 9.52 Å². The van der Waals surface area contributed by atoms with Gasteiger partial charge in [-0.05, 0) is 62.1 Å². The molecule has 0 spiro atoms. The number of anilines is 2. The van der Waals surface area contributed by atoms with Crippen LogP contribution < -0.4 is 15.4 Å². The second kappa shape index (κ2) is 9.32. The van der Waals surface area contributed by atoms with E-state index < -0.39 is 0 Å². The molecule has 3 heterocycles.